The molecular weight excluding hydrogens is 264 g/mol. The van der Waals surface area contributed by atoms with Gasteiger partial charge in [-0.15, -0.1) is 0 Å². The van der Waals surface area contributed by atoms with Crippen LogP contribution in [0.1, 0.15) is 16.7 Å². The molecule has 1 aliphatic rings. The van der Waals surface area contributed by atoms with Crippen molar-refractivity contribution in [3.63, 3.8) is 0 Å². The van der Waals surface area contributed by atoms with Crippen LogP contribution in [0.5, 0.6) is 5.75 Å². The number of fused-ring (bicyclic) bond motifs is 1. The zero-order chi connectivity index (χ0) is 14.7. The molecule has 4 nitrogen and oxygen atoms in total. The zero-order valence-corrected chi connectivity index (χ0v) is 12.0. The molecule has 2 aromatic carbocycles. The molecule has 0 saturated heterocycles. The van der Waals surface area contributed by atoms with Crippen LogP contribution in [-0.2, 0) is 13.0 Å². The van der Waals surface area contributed by atoms with E-state index in [0.29, 0.717) is 12.3 Å². The van der Waals surface area contributed by atoms with Gasteiger partial charge in [0.1, 0.15) is 5.75 Å². The van der Waals surface area contributed by atoms with Crippen LogP contribution >= 0.6 is 0 Å². The summed E-state index contributed by atoms with van der Waals surface area (Å²) in [5.41, 5.74) is 6.53. The first kappa shape index (κ1) is 13.6. The van der Waals surface area contributed by atoms with E-state index in [4.69, 9.17) is 4.74 Å². The summed E-state index contributed by atoms with van der Waals surface area (Å²) in [5, 5.41) is 1.89. The Morgan fingerprint density at radius 1 is 1.10 bits per heavy atom. The molecule has 3 rings (SSSR count). The van der Waals surface area contributed by atoms with Crippen molar-refractivity contribution < 1.29 is 9.53 Å². The Bertz CT molecular complexity index is 637. The molecule has 0 radical (unpaired) electrons. The van der Waals surface area contributed by atoms with Gasteiger partial charge in [0, 0.05) is 13.1 Å². The molecule has 0 bridgehead atoms. The van der Waals surface area contributed by atoms with Gasteiger partial charge in [-0.1, -0.05) is 42.0 Å². The van der Waals surface area contributed by atoms with Crippen molar-refractivity contribution in [1.82, 2.24) is 10.4 Å². The molecule has 0 atom stereocenters. The maximum Gasteiger partial charge on any atom is 0.427 e. The molecule has 0 spiro atoms. The van der Waals surface area contributed by atoms with Gasteiger partial charge in [-0.3, -0.25) is 5.43 Å². The Balaban J connectivity index is 1.57. The van der Waals surface area contributed by atoms with E-state index in [9.17, 15) is 4.79 Å². The lowest BCUT2D eigenvalue weighted by Crippen LogP contribution is -2.46. The smallest absolute Gasteiger partial charge is 0.409 e. The minimum atomic E-state index is -0.446. The average molecular weight is 282 g/mol. The van der Waals surface area contributed by atoms with Crippen LogP contribution in [-0.4, -0.2) is 17.6 Å². The van der Waals surface area contributed by atoms with Gasteiger partial charge in [-0.25, -0.2) is 9.80 Å². The number of carbonyl (C=O) groups excluding carboxylic acids is 1. The molecule has 0 unspecified atom stereocenters. The lowest BCUT2D eigenvalue weighted by atomic mass is 10.0. The number of amides is 1. The van der Waals surface area contributed by atoms with Gasteiger partial charge in [-0.05, 0) is 36.6 Å². The molecular formula is C17H18N2O2. The average Bonchev–Trinajstić information content (AvgIpc) is 2.49. The van der Waals surface area contributed by atoms with Gasteiger partial charge in [0.15, 0.2) is 0 Å². The van der Waals surface area contributed by atoms with Crippen molar-refractivity contribution in [3.05, 3.63) is 65.2 Å². The molecule has 1 amide bonds. The molecule has 0 aliphatic carbocycles. The normalized spacial score (nSPS) is 14.3. The van der Waals surface area contributed by atoms with Gasteiger partial charge in [0.05, 0.1) is 0 Å². The van der Waals surface area contributed by atoms with Crippen LogP contribution in [0, 0.1) is 6.92 Å². The fraction of sp³-hybridized carbons (Fsp3) is 0.235. The Morgan fingerprint density at radius 3 is 2.57 bits per heavy atom. The van der Waals surface area contributed by atoms with E-state index in [1.54, 1.807) is 12.1 Å². The Kier molecular flexibility index (Phi) is 3.88. The highest BCUT2D eigenvalue weighted by Gasteiger charge is 2.18. The number of hydrogen-bond acceptors (Lipinski definition) is 3. The van der Waals surface area contributed by atoms with Gasteiger partial charge in [-0.2, -0.15) is 0 Å². The highest BCUT2D eigenvalue weighted by molar-refractivity contribution is 5.69. The van der Waals surface area contributed by atoms with Gasteiger partial charge in [0.2, 0.25) is 0 Å². The first-order valence-corrected chi connectivity index (χ1v) is 7.07. The molecule has 1 aliphatic heterocycles. The van der Waals surface area contributed by atoms with Gasteiger partial charge >= 0.3 is 6.09 Å². The van der Waals surface area contributed by atoms with Crippen LogP contribution in [0.2, 0.25) is 0 Å². The molecule has 0 aromatic heterocycles. The first-order chi connectivity index (χ1) is 10.2. The van der Waals surface area contributed by atoms with E-state index in [1.807, 2.05) is 36.2 Å². The lowest BCUT2D eigenvalue weighted by Gasteiger charge is -2.28. The van der Waals surface area contributed by atoms with Crippen LogP contribution in [0.4, 0.5) is 4.79 Å². The third kappa shape index (κ3) is 3.41. The van der Waals surface area contributed by atoms with Crippen LogP contribution in [0.15, 0.2) is 48.5 Å². The van der Waals surface area contributed by atoms with Crippen molar-refractivity contribution in [2.45, 2.75) is 19.9 Å². The second-order valence-electron chi connectivity index (χ2n) is 5.25. The van der Waals surface area contributed by atoms with Crippen LogP contribution < -0.4 is 10.2 Å². The number of hydrazine groups is 1. The molecule has 0 fully saturated rings. The molecule has 1 heterocycles. The third-order valence-corrected chi connectivity index (χ3v) is 3.61. The second kappa shape index (κ2) is 5.97. The van der Waals surface area contributed by atoms with E-state index in [1.165, 1.54) is 11.1 Å². The topological polar surface area (TPSA) is 41.6 Å². The highest BCUT2D eigenvalue weighted by atomic mass is 16.6. The number of benzene rings is 2. The predicted octanol–water partition coefficient (Wildman–Crippen LogP) is 3.06. The molecule has 2 aromatic rings. The summed E-state index contributed by atoms with van der Waals surface area (Å²) in [5.74, 6) is 0.551. The number of hydrogen-bond donors (Lipinski definition) is 1. The van der Waals surface area contributed by atoms with E-state index < -0.39 is 6.09 Å². The second-order valence-corrected chi connectivity index (χ2v) is 5.25. The molecule has 0 saturated carbocycles. The quantitative estimate of drug-likeness (QED) is 0.920. The van der Waals surface area contributed by atoms with E-state index in [-0.39, 0.29) is 0 Å². The lowest BCUT2D eigenvalue weighted by molar-refractivity contribution is 0.135. The Labute approximate surface area is 124 Å². The van der Waals surface area contributed by atoms with Crippen LogP contribution in [0.25, 0.3) is 0 Å². The van der Waals surface area contributed by atoms with Crippen molar-refractivity contribution in [2.24, 2.45) is 0 Å². The van der Waals surface area contributed by atoms with Crippen molar-refractivity contribution in [3.8, 4) is 5.75 Å². The summed E-state index contributed by atoms with van der Waals surface area (Å²) >= 11 is 0. The molecule has 1 N–H and O–H groups in total. The van der Waals surface area contributed by atoms with E-state index in [2.05, 4.69) is 17.6 Å². The SMILES string of the molecule is Cc1ccc(OC(=O)NN2CCc3ccccc3C2)cc1. The summed E-state index contributed by atoms with van der Waals surface area (Å²) in [7, 11) is 0. The summed E-state index contributed by atoms with van der Waals surface area (Å²) in [6, 6.07) is 15.7. The third-order valence-electron chi connectivity index (χ3n) is 3.61. The zero-order valence-electron chi connectivity index (χ0n) is 12.0. The number of nitrogens with zero attached hydrogens (tertiary/aromatic N) is 1. The van der Waals surface area contributed by atoms with Crippen LogP contribution in [0.3, 0.4) is 0 Å². The van der Waals surface area contributed by atoms with Gasteiger partial charge in [0.25, 0.3) is 0 Å². The number of aryl methyl sites for hydroxylation is 1. The summed E-state index contributed by atoms with van der Waals surface area (Å²) in [4.78, 5) is 11.9. The minimum Gasteiger partial charge on any atom is -0.409 e. The number of carbonyl (C=O) groups is 1. The Morgan fingerprint density at radius 2 is 1.81 bits per heavy atom. The van der Waals surface area contributed by atoms with E-state index >= 15 is 0 Å². The number of ether oxygens (including phenoxy) is 1. The number of nitrogens with one attached hydrogen (secondary N) is 1. The highest BCUT2D eigenvalue weighted by Crippen LogP contribution is 2.17. The molecule has 4 heteroatoms. The van der Waals surface area contributed by atoms with Gasteiger partial charge < -0.3 is 4.74 Å². The minimum absolute atomic E-state index is 0.446. The molecule has 108 valence electrons. The van der Waals surface area contributed by atoms with E-state index in [0.717, 1.165) is 18.5 Å². The monoisotopic (exact) mass is 282 g/mol. The Hall–Kier alpha value is -2.33. The summed E-state index contributed by atoms with van der Waals surface area (Å²) in [6.45, 7) is 3.49. The largest absolute Gasteiger partial charge is 0.427 e. The number of rotatable bonds is 2. The van der Waals surface area contributed by atoms with Crippen molar-refractivity contribution >= 4 is 6.09 Å². The fourth-order valence-corrected chi connectivity index (χ4v) is 2.46. The fourth-order valence-electron chi connectivity index (χ4n) is 2.46. The predicted molar refractivity (Wildman–Crippen MR) is 80.9 cm³/mol. The summed E-state index contributed by atoms with van der Waals surface area (Å²) < 4.78 is 5.27. The van der Waals surface area contributed by atoms with Crippen molar-refractivity contribution in [2.75, 3.05) is 6.54 Å². The van der Waals surface area contributed by atoms with Crippen molar-refractivity contribution in [1.29, 1.82) is 0 Å². The summed E-state index contributed by atoms with van der Waals surface area (Å²) in [6.07, 6.45) is 0.485. The maximum atomic E-state index is 11.9. The maximum absolute atomic E-state index is 11.9. The molecule has 21 heavy (non-hydrogen) atoms. The first-order valence-electron chi connectivity index (χ1n) is 7.07. The standard InChI is InChI=1S/C17H18N2O2/c1-13-6-8-16(9-7-13)21-17(20)18-19-11-10-14-4-2-3-5-15(14)12-19/h2-9H,10-12H2,1H3,(H,18,20).